The highest BCUT2D eigenvalue weighted by molar-refractivity contribution is 7.91. The number of alkyl halides is 3. The fourth-order valence-electron chi connectivity index (χ4n) is 2.11. The van der Waals surface area contributed by atoms with Crippen molar-refractivity contribution in [3.8, 4) is 0 Å². The highest BCUT2D eigenvalue weighted by Gasteiger charge is 2.30. The number of carbonyl (C=O) groups is 1. The number of hydrogen-bond acceptors (Lipinski definition) is 3. The Morgan fingerprint density at radius 3 is 2.36 bits per heavy atom. The summed E-state index contributed by atoms with van der Waals surface area (Å²) < 4.78 is 59.7. The van der Waals surface area contributed by atoms with Crippen LogP contribution in [0.3, 0.4) is 0 Å². The zero-order valence-electron chi connectivity index (χ0n) is 11.4. The topological polar surface area (TPSA) is 63.2 Å². The maximum atomic E-state index is 12.4. The van der Waals surface area contributed by atoms with Gasteiger partial charge in [-0.3, -0.25) is 4.79 Å². The Balaban J connectivity index is 1.93. The highest BCUT2D eigenvalue weighted by Crippen LogP contribution is 2.29. The van der Waals surface area contributed by atoms with Gasteiger partial charge in [0.25, 0.3) is 0 Å². The van der Waals surface area contributed by atoms with Crippen molar-refractivity contribution in [1.29, 1.82) is 0 Å². The first-order valence-corrected chi connectivity index (χ1v) is 8.34. The van der Waals surface area contributed by atoms with Crippen LogP contribution in [0.25, 0.3) is 6.08 Å². The lowest BCUT2D eigenvalue weighted by molar-refractivity contribution is -0.137. The van der Waals surface area contributed by atoms with E-state index in [9.17, 15) is 26.4 Å². The second-order valence-electron chi connectivity index (χ2n) is 5.06. The first kappa shape index (κ1) is 16.5. The first-order chi connectivity index (χ1) is 10.2. The van der Waals surface area contributed by atoms with E-state index >= 15 is 0 Å². The molecule has 1 fully saturated rings. The molecule has 0 radical (unpaired) electrons. The van der Waals surface area contributed by atoms with E-state index in [-0.39, 0.29) is 11.5 Å². The molecule has 8 heteroatoms. The average molecular weight is 333 g/mol. The standard InChI is InChI=1S/C14H14F3NO3S/c15-14(16,17)11-4-1-10(2-5-11)3-6-13(19)18-12-7-8-22(20,21)9-12/h1-6,12H,7-9H2,(H,18,19)/b6-3+. The maximum Gasteiger partial charge on any atom is 0.416 e. The minimum absolute atomic E-state index is 0.0561. The molecule has 1 saturated heterocycles. The molecule has 22 heavy (non-hydrogen) atoms. The van der Waals surface area contributed by atoms with Gasteiger partial charge in [0.05, 0.1) is 17.1 Å². The normalized spacial score (nSPS) is 21.1. The van der Waals surface area contributed by atoms with E-state index in [1.54, 1.807) is 0 Å². The number of carbonyl (C=O) groups excluding carboxylic acids is 1. The Morgan fingerprint density at radius 1 is 1.23 bits per heavy atom. The van der Waals surface area contributed by atoms with E-state index in [2.05, 4.69) is 5.32 Å². The maximum absolute atomic E-state index is 12.4. The summed E-state index contributed by atoms with van der Waals surface area (Å²) >= 11 is 0. The van der Waals surface area contributed by atoms with E-state index in [0.717, 1.165) is 12.1 Å². The van der Waals surface area contributed by atoms with Gasteiger partial charge in [-0.2, -0.15) is 13.2 Å². The predicted octanol–water partition coefficient (Wildman–Crippen LogP) is 2.02. The minimum atomic E-state index is -4.40. The molecule has 1 heterocycles. The van der Waals surface area contributed by atoms with E-state index in [1.807, 2.05) is 0 Å². The number of hydrogen-bond donors (Lipinski definition) is 1. The number of nitrogens with one attached hydrogen (secondary N) is 1. The van der Waals surface area contributed by atoms with Gasteiger partial charge in [0, 0.05) is 12.1 Å². The van der Waals surface area contributed by atoms with Crippen molar-refractivity contribution in [2.45, 2.75) is 18.6 Å². The molecule has 4 nitrogen and oxygen atoms in total. The van der Waals surface area contributed by atoms with Crippen molar-refractivity contribution in [3.63, 3.8) is 0 Å². The summed E-state index contributed by atoms with van der Waals surface area (Å²) in [6.45, 7) is 0. The van der Waals surface area contributed by atoms with Gasteiger partial charge in [-0.1, -0.05) is 12.1 Å². The fourth-order valence-corrected chi connectivity index (χ4v) is 3.79. The molecule has 1 aliphatic rings. The largest absolute Gasteiger partial charge is 0.416 e. The van der Waals surface area contributed by atoms with Crippen LogP contribution in [0.5, 0.6) is 0 Å². The zero-order valence-corrected chi connectivity index (χ0v) is 12.2. The van der Waals surface area contributed by atoms with Gasteiger partial charge in [-0.25, -0.2) is 8.42 Å². The molecule has 1 aromatic carbocycles. The Morgan fingerprint density at radius 2 is 1.86 bits per heavy atom. The third-order valence-corrected chi connectivity index (χ3v) is 5.01. The minimum Gasteiger partial charge on any atom is -0.349 e. The summed E-state index contributed by atoms with van der Waals surface area (Å²) in [5.41, 5.74) is -0.313. The first-order valence-electron chi connectivity index (χ1n) is 6.52. The van der Waals surface area contributed by atoms with Crippen molar-refractivity contribution in [1.82, 2.24) is 5.32 Å². The number of benzene rings is 1. The molecule has 1 atom stereocenters. The summed E-state index contributed by atoms with van der Waals surface area (Å²) in [6.07, 6.45) is -1.47. The molecule has 0 saturated carbocycles. The lowest BCUT2D eigenvalue weighted by Gasteiger charge is -2.08. The van der Waals surface area contributed by atoms with Gasteiger partial charge in [0.2, 0.25) is 5.91 Å². The van der Waals surface area contributed by atoms with Gasteiger partial charge < -0.3 is 5.32 Å². The predicted molar refractivity (Wildman–Crippen MR) is 75.7 cm³/mol. The summed E-state index contributed by atoms with van der Waals surface area (Å²) in [5, 5.41) is 2.56. The molecule has 1 amide bonds. The van der Waals surface area contributed by atoms with Crippen LogP contribution >= 0.6 is 0 Å². The highest BCUT2D eigenvalue weighted by atomic mass is 32.2. The Labute approximate surface area is 125 Å². The Bertz CT molecular complexity index is 678. The van der Waals surface area contributed by atoms with E-state index in [4.69, 9.17) is 0 Å². The SMILES string of the molecule is O=C(/C=C/c1ccc(C(F)(F)F)cc1)NC1CCS(=O)(=O)C1. The molecule has 1 unspecified atom stereocenters. The molecule has 1 aromatic rings. The molecule has 1 N–H and O–H groups in total. The molecule has 0 aromatic heterocycles. The Hall–Kier alpha value is -1.83. The lowest BCUT2D eigenvalue weighted by atomic mass is 10.1. The van der Waals surface area contributed by atoms with Crippen molar-refractivity contribution in [2.75, 3.05) is 11.5 Å². The summed E-state index contributed by atoms with van der Waals surface area (Å²) in [7, 11) is -3.07. The van der Waals surface area contributed by atoms with Gasteiger partial charge in [0.1, 0.15) is 0 Å². The second kappa shape index (κ2) is 6.12. The third kappa shape index (κ3) is 4.59. The Kier molecular flexibility index (Phi) is 4.60. The number of sulfone groups is 1. The fraction of sp³-hybridized carbons (Fsp3) is 0.357. The van der Waals surface area contributed by atoms with Crippen molar-refractivity contribution in [2.24, 2.45) is 0 Å². The lowest BCUT2D eigenvalue weighted by Crippen LogP contribution is -2.34. The van der Waals surface area contributed by atoms with Gasteiger partial charge in [-0.15, -0.1) is 0 Å². The van der Waals surface area contributed by atoms with Crippen LogP contribution in [-0.2, 0) is 20.8 Å². The van der Waals surface area contributed by atoms with Crippen LogP contribution < -0.4 is 5.32 Å². The second-order valence-corrected chi connectivity index (χ2v) is 7.29. The molecule has 0 spiro atoms. The van der Waals surface area contributed by atoms with Crippen LogP contribution in [0.2, 0.25) is 0 Å². The van der Waals surface area contributed by atoms with E-state index < -0.39 is 33.5 Å². The van der Waals surface area contributed by atoms with Crippen LogP contribution in [0.1, 0.15) is 17.5 Å². The number of halogens is 3. The quantitative estimate of drug-likeness (QED) is 0.861. The summed E-state index contributed by atoms with van der Waals surface area (Å²) in [4.78, 5) is 11.6. The van der Waals surface area contributed by atoms with Crippen LogP contribution in [0.15, 0.2) is 30.3 Å². The van der Waals surface area contributed by atoms with Gasteiger partial charge in [-0.05, 0) is 30.2 Å². The van der Waals surface area contributed by atoms with E-state index in [0.29, 0.717) is 12.0 Å². The third-order valence-electron chi connectivity index (χ3n) is 3.24. The molecule has 1 aliphatic heterocycles. The number of amides is 1. The monoisotopic (exact) mass is 333 g/mol. The van der Waals surface area contributed by atoms with Crippen LogP contribution in [0.4, 0.5) is 13.2 Å². The van der Waals surface area contributed by atoms with Crippen LogP contribution in [-0.4, -0.2) is 31.9 Å². The zero-order chi connectivity index (χ0) is 16.4. The average Bonchev–Trinajstić information content (AvgIpc) is 2.75. The van der Waals surface area contributed by atoms with Crippen molar-refractivity contribution >= 4 is 21.8 Å². The smallest absolute Gasteiger partial charge is 0.349 e. The van der Waals surface area contributed by atoms with E-state index in [1.165, 1.54) is 24.3 Å². The molecule has 120 valence electrons. The van der Waals surface area contributed by atoms with Gasteiger partial charge >= 0.3 is 6.18 Å². The molecule has 2 rings (SSSR count). The van der Waals surface area contributed by atoms with Crippen molar-refractivity contribution < 1.29 is 26.4 Å². The summed E-state index contributed by atoms with van der Waals surface area (Å²) in [5.74, 6) is -0.491. The summed E-state index contributed by atoms with van der Waals surface area (Å²) in [6, 6.07) is 3.97. The molecular weight excluding hydrogens is 319 g/mol. The van der Waals surface area contributed by atoms with Gasteiger partial charge in [0.15, 0.2) is 9.84 Å². The molecular formula is C14H14F3NO3S. The molecule has 0 bridgehead atoms. The van der Waals surface area contributed by atoms with Crippen molar-refractivity contribution in [3.05, 3.63) is 41.5 Å². The number of rotatable bonds is 3. The molecule has 0 aliphatic carbocycles. The van der Waals surface area contributed by atoms with Crippen LogP contribution in [0, 0.1) is 0 Å².